The average Bonchev–Trinajstić information content (AvgIpc) is 2.87. The number of fused-ring (bicyclic) bond motifs is 2. The maximum atomic E-state index is 12.4. The first-order valence-corrected chi connectivity index (χ1v) is 7.94. The van der Waals surface area contributed by atoms with E-state index in [-0.39, 0.29) is 11.9 Å². The SMILES string of the molecule is CCN1C(=O)N/C(=C/c2c3ccccc3cc3ccccc23)C1=O. The van der Waals surface area contributed by atoms with E-state index in [0.29, 0.717) is 12.2 Å². The van der Waals surface area contributed by atoms with Crippen molar-refractivity contribution in [1.29, 1.82) is 0 Å². The Kier molecular flexibility index (Phi) is 3.31. The van der Waals surface area contributed by atoms with Crippen LogP contribution in [0.3, 0.4) is 0 Å². The molecule has 0 aromatic heterocycles. The second-order valence-corrected chi connectivity index (χ2v) is 5.77. The molecule has 0 aliphatic carbocycles. The molecule has 0 spiro atoms. The Labute approximate surface area is 139 Å². The fourth-order valence-electron chi connectivity index (χ4n) is 3.21. The van der Waals surface area contributed by atoms with E-state index in [0.717, 1.165) is 27.1 Å². The molecule has 4 heteroatoms. The third-order valence-electron chi connectivity index (χ3n) is 4.38. The van der Waals surface area contributed by atoms with Gasteiger partial charge in [-0.2, -0.15) is 0 Å². The van der Waals surface area contributed by atoms with E-state index < -0.39 is 0 Å². The molecule has 4 rings (SSSR count). The predicted molar refractivity (Wildman–Crippen MR) is 95.3 cm³/mol. The van der Waals surface area contributed by atoms with Crippen LogP contribution in [0.5, 0.6) is 0 Å². The number of carbonyl (C=O) groups excluding carboxylic acids is 2. The van der Waals surface area contributed by atoms with Crippen LogP contribution < -0.4 is 5.32 Å². The smallest absolute Gasteiger partial charge is 0.303 e. The van der Waals surface area contributed by atoms with Gasteiger partial charge in [-0.05, 0) is 46.2 Å². The van der Waals surface area contributed by atoms with Crippen LogP contribution in [-0.2, 0) is 4.79 Å². The van der Waals surface area contributed by atoms with Gasteiger partial charge in [0.25, 0.3) is 5.91 Å². The number of nitrogens with one attached hydrogen (secondary N) is 1. The summed E-state index contributed by atoms with van der Waals surface area (Å²) >= 11 is 0. The Morgan fingerprint density at radius 3 is 2.08 bits per heavy atom. The summed E-state index contributed by atoms with van der Waals surface area (Å²) in [5.74, 6) is -0.278. The van der Waals surface area contributed by atoms with E-state index in [9.17, 15) is 9.59 Å². The topological polar surface area (TPSA) is 49.4 Å². The summed E-state index contributed by atoms with van der Waals surface area (Å²) in [6.07, 6.45) is 1.79. The molecular weight excluding hydrogens is 300 g/mol. The van der Waals surface area contributed by atoms with Crippen LogP contribution in [0.2, 0.25) is 0 Å². The number of benzene rings is 3. The van der Waals surface area contributed by atoms with E-state index in [1.54, 1.807) is 13.0 Å². The van der Waals surface area contributed by atoms with Crippen molar-refractivity contribution in [2.45, 2.75) is 6.92 Å². The summed E-state index contributed by atoms with van der Waals surface area (Å²) in [6.45, 7) is 2.14. The van der Waals surface area contributed by atoms with Crippen LogP contribution in [0.4, 0.5) is 4.79 Å². The minimum Gasteiger partial charge on any atom is -0.303 e. The van der Waals surface area contributed by atoms with Crippen molar-refractivity contribution in [3.63, 3.8) is 0 Å². The molecule has 0 unspecified atom stereocenters. The van der Waals surface area contributed by atoms with Gasteiger partial charge in [0.1, 0.15) is 5.70 Å². The van der Waals surface area contributed by atoms with Gasteiger partial charge in [-0.1, -0.05) is 48.5 Å². The first-order valence-electron chi connectivity index (χ1n) is 7.94. The Bertz CT molecular complexity index is 967. The maximum Gasteiger partial charge on any atom is 0.328 e. The monoisotopic (exact) mass is 316 g/mol. The first kappa shape index (κ1) is 14.5. The number of carbonyl (C=O) groups is 2. The number of hydrogen-bond acceptors (Lipinski definition) is 2. The highest BCUT2D eigenvalue weighted by Gasteiger charge is 2.32. The zero-order valence-electron chi connectivity index (χ0n) is 13.2. The molecule has 0 radical (unpaired) electrons. The third kappa shape index (κ3) is 2.15. The Balaban J connectivity index is 2.00. The van der Waals surface area contributed by atoms with Crippen LogP contribution in [0.15, 0.2) is 60.3 Å². The lowest BCUT2D eigenvalue weighted by molar-refractivity contribution is -0.122. The van der Waals surface area contributed by atoms with Crippen LogP contribution in [-0.4, -0.2) is 23.4 Å². The number of imide groups is 1. The minimum atomic E-state index is -0.363. The van der Waals surface area contributed by atoms with Gasteiger partial charge in [-0.3, -0.25) is 9.69 Å². The van der Waals surface area contributed by atoms with Gasteiger partial charge >= 0.3 is 6.03 Å². The normalized spacial score (nSPS) is 16.4. The van der Waals surface area contributed by atoms with Gasteiger partial charge in [-0.15, -0.1) is 0 Å². The van der Waals surface area contributed by atoms with Crippen LogP contribution in [0, 0.1) is 0 Å². The lowest BCUT2D eigenvalue weighted by Gasteiger charge is -2.09. The summed E-state index contributed by atoms with van der Waals surface area (Å²) in [7, 11) is 0. The molecule has 0 atom stereocenters. The van der Waals surface area contributed by atoms with Gasteiger partial charge in [0, 0.05) is 6.54 Å². The van der Waals surface area contributed by atoms with Crippen LogP contribution in [0.1, 0.15) is 12.5 Å². The maximum absolute atomic E-state index is 12.4. The highest BCUT2D eigenvalue weighted by Crippen LogP contribution is 2.30. The molecule has 1 saturated heterocycles. The van der Waals surface area contributed by atoms with Crippen LogP contribution >= 0.6 is 0 Å². The van der Waals surface area contributed by atoms with Crippen molar-refractivity contribution in [3.05, 3.63) is 65.9 Å². The minimum absolute atomic E-state index is 0.278. The number of nitrogens with zero attached hydrogens (tertiary/aromatic N) is 1. The Morgan fingerprint density at radius 2 is 1.54 bits per heavy atom. The molecular formula is C20H16N2O2. The van der Waals surface area contributed by atoms with Crippen molar-refractivity contribution in [3.8, 4) is 0 Å². The molecule has 1 heterocycles. The molecule has 1 aliphatic rings. The lowest BCUT2D eigenvalue weighted by atomic mass is 9.96. The molecule has 0 bridgehead atoms. The molecule has 1 N–H and O–H groups in total. The van der Waals surface area contributed by atoms with Gasteiger partial charge < -0.3 is 5.32 Å². The van der Waals surface area contributed by atoms with Crippen LogP contribution in [0.25, 0.3) is 27.6 Å². The fourth-order valence-corrected chi connectivity index (χ4v) is 3.21. The number of urea groups is 1. The Morgan fingerprint density at radius 1 is 0.958 bits per heavy atom. The van der Waals surface area contributed by atoms with Gasteiger partial charge in [0.05, 0.1) is 0 Å². The molecule has 3 aromatic carbocycles. The molecule has 0 saturated carbocycles. The predicted octanol–water partition coefficient (Wildman–Crippen LogP) is 3.91. The number of rotatable bonds is 2. The zero-order chi connectivity index (χ0) is 16.7. The number of amides is 3. The third-order valence-corrected chi connectivity index (χ3v) is 4.38. The molecule has 24 heavy (non-hydrogen) atoms. The highest BCUT2D eigenvalue weighted by atomic mass is 16.2. The van der Waals surface area contributed by atoms with Crippen molar-refractivity contribution in [2.75, 3.05) is 6.54 Å². The van der Waals surface area contributed by atoms with E-state index >= 15 is 0 Å². The zero-order valence-corrected chi connectivity index (χ0v) is 13.2. The molecule has 3 aromatic rings. The first-order chi connectivity index (χ1) is 11.7. The Hall–Kier alpha value is -3.14. The average molecular weight is 316 g/mol. The molecule has 1 fully saturated rings. The number of likely N-dealkylation sites (N-methyl/N-ethyl adjacent to an activating group) is 1. The van der Waals surface area contributed by atoms with Crippen molar-refractivity contribution in [1.82, 2.24) is 10.2 Å². The van der Waals surface area contributed by atoms with E-state index in [1.807, 2.05) is 36.4 Å². The van der Waals surface area contributed by atoms with Crippen molar-refractivity contribution in [2.24, 2.45) is 0 Å². The molecule has 4 nitrogen and oxygen atoms in total. The van der Waals surface area contributed by atoms with Crippen molar-refractivity contribution >= 4 is 39.6 Å². The van der Waals surface area contributed by atoms with E-state index in [4.69, 9.17) is 0 Å². The van der Waals surface area contributed by atoms with Gasteiger partial charge in [0.15, 0.2) is 0 Å². The summed E-state index contributed by atoms with van der Waals surface area (Å²) in [6, 6.07) is 17.9. The summed E-state index contributed by atoms with van der Waals surface area (Å²) in [4.78, 5) is 25.5. The molecule has 118 valence electrons. The van der Waals surface area contributed by atoms with E-state index in [2.05, 4.69) is 23.5 Å². The number of hydrogen-bond donors (Lipinski definition) is 1. The molecule has 3 amide bonds. The second kappa shape index (κ2) is 5.49. The lowest BCUT2D eigenvalue weighted by Crippen LogP contribution is -2.30. The van der Waals surface area contributed by atoms with Crippen molar-refractivity contribution < 1.29 is 9.59 Å². The summed E-state index contributed by atoms with van der Waals surface area (Å²) in [5, 5.41) is 7.00. The second-order valence-electron chi connectivity index (χ2n) is 5.77. The van der Waals surface area contributed by atoms with Gasteiger partial charge in [0.2, 0.25) is 0 Å². The molecule has 1 aliphatic heterocycles. The largest absolute Gasteiger partial charge is 0.328 e. The highest BCUT2D eigenvalue weighted by molar-refractivity contribution is 6.16. The van der Waals surface area contributed by atoms with Gasteiger partial charge in [-0.25, -0.2) is 4.79 Å². The summed E-state index contributed by atoms with van der Waals surface area (Å²) in [5.41, 5.74) is 1.27. The van der Waals surface area contributed by atoms with E-state index in [1.165, 1.54) is 4.90 Å². The fraction of sp³-hybridized carbons (Fsp3) is 0.100. The standard InChI is InChI=1S/C20H16N2O2/c1-2-22-19(23)18(21-20(22)24)12-17-15-9-5-3-7-13(15)11-14-8-4-6-10-16(14)17/h3-12H,2H2,1H3,(H,21,24)/b18-12+. The quantitative estimate of drug-likeness (QED) is 0.443. The summed E-state index contributed by atoms with van der Waals surface area (Å²) < 4.78 is 0.